The molecular formula is C11H18N2O. The smallest absolute Gasteiger partial charge is 0.0591 e. The normalized spacial score (nSPS) is 15.2. The van der Waals surface area contributed by atoms with Crippen molar-refractivity contribution in [3.05, 3.63) is 30.3 Å². The monoisotopic (exact) mass is 194 g/mol. The Balaban J connectivity index is 0.000000146. The number of morpholine rings is 1. The highest BCUT2D eigenvalue weighted by Gasteiger charge is 1.92. The minimum absolute atomic E-state index is 0.889. The molecule has 1 aliphatic heterocycles. The minimum Gasteiger partial charge on any atom is -0.388 e. The Morgan fingerprint density at radius 1 is 1.14 bits per heavy atom. The molecule has 0 saturated carbocycles. The van der Waals surface area contributed by atoms with Crippen molar-refractivity contribution in [1.82, 2.24) is 5.32 Å². The van der Waals surface area contributed by atoms with Crippen LogP contribution < -0.4 is 10.6 Å². The first kappa shape index (κ1) is 11.0. The molecule has 1 heterocycles. The molecule has 2 rings (SSSR count). The van der Waals surface area contributed by atoms with Crippen molar-refractivity contribution in [1.29, 1.82) is 0 Å². The van der Waals surface area contributed by atoms with Gasteiger partial charge in [-0.2, -0.15) is 0 Å². The standard InChI is InChI=1S/C7H9N.C4H9NO/c1-8-7-5-3-2-4-6-7;1-3-6-4-2-5-1/h2-6,8H,1H3;5H,1-4H2. The maximum Gasteiger partial charge on any atom is 0.0591 e. The molecule has 1 saturated heterocycles. The fourth-order valence-electron chi connectivity index (χ4n) is 1.12. The summed E-state index contributed by atoms with van der Waals surface area (Å²) in [7, 11) is 1.91. The topological polar surface area (TPSA) is 33.3 Å². The fourth-order valence-corrected chi connectivity index (χ4v) is 1.12. The van der Waals surface area contributed by atoms with Crippen LogP contribution in [0.15, 0.2) is 30.3 Å². The Morgan fingerprint density at radius 2 is 1.79 bits per heavy atom. The van der Waals surface area contributed by atoms with Gasteiger partial charge < -0.3 is 15.4 Å². The fraction of sp³-hybridized carbons (Fsp3) is 0.455. The van der Waals surface area contributed by atoms with Gasteiger partial charge in [0, 0.05) is 25.8 Å². The summed E-state index contributed by atoms with van der Waals surface area (Å²) in [5.74, 6) is 0. The third-order valence-electron chi connectivity index (χ3n) is 1.91. The van der Waals surface area contributed by atoms with Gasteiger partial charge in [0.1, 0.15) is 0 Å². The summed E-state index contributed by atoms with van der Waals surface area (Å²) in [5, 5.41) is 6.19. The van der Waals surface area contributed by atoms with E-state index in [1.54, 1.807) is 0 Å². The second-order valence-electron chi connectivity index (χ2n) is 2.98. The van der Waals surface area contributed by atoms with Gasteiger partial charge >= 0.3 is 0 Å². The Bertz CT molecular complexity index is 210. The average molecular weight is 194 g/mol. The van der Waals surface area contributed by atoms with Crippen molar-refractivity contribution < 1.29 is 4.74 Å². The van der Waals surface area contributed by atoms with E-state index in [4.69, 9.17) is 4.74 Å². The van der Waals surface area contributed by atoms with E-state index in [9.17, 15) is 0 Å². The molecule has 0 spiro atoms. The molecule has 1 aromatic rings. The van der Waals surface area contributed by atoms with Crippen LogP contribution in [0.4, 0.5) is 5.69 Å². The van der Waals surface area contributed by atoms with Crippen LogP contribution in [0.5, 0.6) is 0 Å². The average Bonchev–Trinajstić information content (AvgIpc) is 2.33. The first-order valence-corrected chi connectivity index (χ1v) is 4.95. The molecule has 3 nitrogen and oxygen atoms in total. The number of hydrogen-bond donors (Lipinski definition) is 2. The van der Waals surface area contributed by atoms with Gasteiger partial charge in [-0.3, -0.25) is 0 Å². The lowest BCUT2D eigenvalue weighted by molar-refractivity contribution is 0.109. The van der Waals surface area contributed by atoms with E-state index in [1.807, 2.05) is 37.4 Å². The second kappa shape index (κ2) is 7.35. The van der Waals surface area contributed by atoms with E-state index in [0.29, 0.717) is 0 Å². The van der Waals surface area contributed by atoms with E-state index in [-0.39, 0.29) is 0 Å². The Hall–Kier alpha value is -1.06. The van der Waals surface area contributed by atoms with Crippen molar-refractivity contribution in [3.63, 3.8) is 0 Å². The van der Waals surface area contributed by atoms with E-state index < -0.39 is 0 Å². The molecule has 0 radical (unpaired) electrons. The zero-order chi connectivity index (χ0) is 10.1. The molecule has 0 aromatic heterocycles. The van der Waals surface area contributed by atoms with Crippen LogP contribution in [0, 0.1) is 0 Å². The van der Waals surface area contributed by atoms with Crippen molar-refractivity contribution in [2.45, 2.75) is 0 Å². The number of anilines is 1. The van der Waals surface area contributed by atoms with Gasteiger partial charge in [0.05, 0.1) is 13.2 Å². The minimum atomic E-state index is 0.889. The SMILES string of the molecule is C1COCCN1.CNc1ccccc1. The second-order valence-corrected chi connectivity index (χ2v) is 2.98. The summed E-state index contributed by atoms with van der Waals surface area (Å²) in [5.41, 5.74) is 1.16. The van der Waals surface area contributed by atoms with Crippen LogP contribution in [0.3, 0.4) is 0 Å². The number of benzene rings is 1. The molecule has 14 heavy (non-hydrogen) atoms. The Morgan fingerprint density at radius 3 is 2.07 bits per heavy atom. The van der Waals surface area contributed by atoms with Crippen molar-refractivity contribution in [2.75, 3.05) is 38.7 Å². The largest absolute Gasteiger partial charge is 0.388 e. The molecule has 1 aliphatic rings. The van der Waals surface area contributed by atoms with E-state index in [1.165, 1.54) is 0 Å². The number of para-hydroxylation sites is 1. The summed E-state index contributed by atoms with van der Waals surface area (Å²) in [6, 6.07) is 10.1. The molecule has 0 aliphatic carbocycles. The lowest BCUT2D eigenvalue weighted by atomic mass is 10.3. The zero-order valence-corrected chi connectivity index (χ0v) is 8.62. The summed E-state index contributed by atoms with van der Waals surface area (Å²) >= 11 is 0. The summed E-state index contributed by atoms with van der Waals surface area (Å²) in [6.45, 7) is 3.83. The van der Waals surface area contributed by atoms with E-state index in [2.05, 4.69) is 10.6 Å². The molecular weight excluding hydrogens is 176 g/mol. The number of hydrogen-bond acceptors (Lipinski definition) is 3. The molecule has 1 fully saturated rings. The third kappa shape index (κ3) is 4.84. The van der Waals surface area contributed by atoms with Gasteiger partial charge in [-0.1, -0.05) is 18.2 Å². The summed E-state index contributed by atoms with van der Waals surface area (Å²) in [6.07, 6.45) is 0. The highest BCUT2D eigenvalue weighted by atomic mass is 16.5. The number of nitrogens with one attached hydrogen (secondary N) is 2. The molecule has 3 heteroatoms. The maximum absolute atomic E-state index is 5.01. The third-order valence-corrected chi connectivity index (χ3v) is 1.91. The van der Waals surface area contributed by atoms with Gasteiger partial charge in [-0.15, -0.1) is 0 Å². The van der Waals surface area contributed by atoms with Gasteiger partial charge in [-0.25, -0.2) is 0 Å². The van der Waals surface area contributed by atoms with Gasteiger partial charge in [0.25, 0.3) is 0 Å². The van der Waals surface area contributed by atoms with Crippen LogP contribution in [-0.2, 0) is 4.74 Å². The first-order chi connectivity index (χ1) is 6.93. The molecule has 0 atom stereocenters. The molecule has 2 N–H and O–H groups in total. The predicted molar refractivity (Wildman–Crippen MR) is 59.7 cm³/mol. The van der Waals surface area contributed by atoms with Gasteiger partial charge in [0.2, 0.25) is 0 Å². The zero-order valence-electron chi connectivity index (χ0n) is 8.62. The highest BCUT2D eigenvalue weighted by molar-refractivity contribution is 5.41. The lowest BCUT2D eigenvalue weighted by Crippen LogP contribution is -2.30. The van der Waals surface area contributed by atoms with Crippen LogP contribution in [-0.4, -0.2) is 33.4 Å². The molecule has 0 unspecified atom stereocenters. The number of ether oxygens (including phenoxy) is 1. The first-order valence-electron chi connectivity index (χ1n) is 4.95. The van der Waals surface area contributed by atoms with Crippen LogP contribution in [0.2, 0.25) is 0 Å². The molecule has 1 aromatic carbocycles. The highest BCUT2D eigenvalue weighted by Crippen LogP contribution is 2.01. The van der Waals surface area contributed by atoms with Crippen LogP contribution >= 0.6 is 0 Å². The van der Waals surface area contributed by atoms with Gasteiger partial charge in [-0.05, 0) is 12.1 Å². The quantitative estimate of drug-likeness (QED) is 0.707. The maximum atomic E-state index is 5.01. The van der Waals surface area contributed by atoms with Crippen LogP contribution in [0.25, 0.3) is 0 Å². The van der Waals surface area contributed by atoms with Crippen molar-refractivity contribution in [2.24, 2.45) is 0 Å². The Labute approximate surface area is 85.5 Å². The lowest BCUT2D eigenvalue weighted by Gasteiger charge is -2.10. The van der Waals surface area contributed by atoms with E-state index >= 15 is 0 Å². The predicted octanol–water partition coefficient (Wildman–Crippen LogP) is 1.33. The van der Waals surface area contributed by atoms with Gasteiger partial charge in [0.15, 0.2) is 0 Å². The summed E-state index contributed by atoms with van der Waals surface area (Å²) in [4.78, 5) is 0. The molecule has 0 bridgehead atoms. The van der Waals surface area contributed by atoms with Crippen LogP contribution in [0.1, 0.15) is 0 Å². The summed E-state index contributed by atoms with van der Waals surface area (Å²) < 4.78 is 5.01. The van der Waals surface area contributed by atoms with E-state index in [0.717, 1.165) is 32.0 Å². The Kier molecular flexibility index (Phi) is 5.79. The van der Waals surface area contributed by atoms with Crippen molar-refractivity contribution in [3.8, 4) is 0 Å². The van der Waals surface area contributed by atoms with Crippen molar-refractivity contribution >= 4 is 5.69 Å². The number of rotatable bonds is 1. The molecule has 0 amide bonds. The molecule has 78 valence electrons.